The molecule has 3 heterocycles. The molecule has 0 aliphatic heterocycles. The van der Waals surface area contributed by atoms with E-state index >= 15 is 0 Å². The van der Waals surface area contributed by atoms with Crippen LogP contribution in [0.5, 0.6) is 5.75 Å². The lowest BCUT2D eigenvalue weighted by molar-refractivity contribution is 0.102. The van der Waals surface area contributed by atoms with Crippen molar-refractivity contribution < 1.29 is 9.53 Å². The summed E-state index contributed by atoms with van der Waals surface area (Å²) in [4.78, 5) is 18.6. The zero-order valence-electron chi connectivity index (χ0n) is 15.5. The Morgan fingerprint density at radius 3 is 2.61 bits per heavy atom. The predicted molar refractivity (Wildman–Crippen MR) is 112 cm³/mol. The monoisotopic (exact) mass is 390 g/mol. The minimum atomic E-state index is -0.232. The molecular formula is C21H18N4O2S. The van der Waals surface area contributed by atoms with Crippen LogP contribution in [0.15, 0.2) is 55.1 Å². The molecule has 0 saturated carbocycles. The molecule has 0 fully saturated rings. The number of carbonyl (C=O) groups excluding carboxylic acids is 1. The molecule has 28 heavy (non-hydrogen) atoms. The first kappa shape index (κ1) is 17.9. The summed E-state index contributed by atoms with van der Waals surface area (Å²) in [7, 11) is 1.58. The van der Waals surface area contributed by atoms with Gasteiger partial charge in [0, 0.05) is 10.4 Å². The molecule has 140 valence electrons. The number of pyridine rings is 1. The van der Waals surface area contributed by atoms with Crippen LogP contribution in [0.3, 0.4) is 0 Å². The highest BCUT2D eigenvalue weighted by molar-refractivity contribution is 7.14. The summed E-state index contributed by atoms with van der Waals surface area (Å²) in [6.07, 6.45) is 1.79. The van der Waals surface area contributed by atoms with Gasteiger partial charge in [0.15, 0.2) is 11.4 Å². The Kier molecular flexibility index (Phi) is 4.67. The Morgan fingerprint density at radius 2 is 1.96 bits per heavy atom. The zero-order chi connectivity index (χ0) is 19.7. The van der Waals surface area contributed by atoms with Crippen LogP contribution in [0, 0.1) is 6.92 Å². The molecule has 0 radical (unpaired) electrons. The molecule has 0 spiro atoms. The number of ether oxygens (including phenoxy) is 1. The second-order valence-corrected chi connectivity index (χ2v) is 7.44. The van der Waals surface area contributed by atoms with Gasteiger partial charge in [0.05, 0.1) is 17.7 Å². The molecule has 4 aromatic rings. The smallest absolute Gasteiger partial charge is 0.268 e. The average molecular weight is 390 g/mol. The van der Waals surface area contributed by atoms with Crippen molar-refractivity contribution in [2.75, 3.05) is 12.4 Å². The fourth-order valence-electron chi connectivity index (χ4n) is 2.88. The van der Waals surface area contributed by atoms with Gasteiger partial charge in [-0.3, -0.25) is 10.1 Å². The van der Waals surface area contributed by atoms with Gasteiger partial charge in [-0.15, -0.1) is 16.4 Å². The minimum Gasteiger partial charge on any atom is -0.493 e. The van der Waals surface area contributed by atoms with Crippen LogP contribution in [0.25, 0.3) is 23.0 Å². The summed E-state index contributed by atoms with van der Waals surface area (Å²) in [5.41, 5.74) is 3.37. The van der Waals surface area contributed by atoms with Crippen LogP contribution in [0.1, 0.15) is 20.1 Å². The Balaban J connectivity index is 1.75. The minimum absolute atomic E-state index is 0.226. The number of hydrogen-bond acceptors (Lipinski definition) is 5. The van der Waals surface area contributed by atoms with Crippen LogP contribution in [0.2, 0.25) is 0 Å². The van der Waals surface area contributed by atoms with Gasteiger partial charge in [-0.05, 0) is 36.8 Å². The maximum atomic E-state index is 12.5. The number of aromatic nitrogens is 3. The number of nitrogens with one attached hydrogen (secondary N) is 1. The lowest BCUT2D eigenvalue weighted by atomic mass is 10.1. The molecule has 3 aromatic heterocycles. The van der Waals surface area contributed by atoms with Crippen molar-refractivity contribution in [3.05, 3.63) is 70.4 Å². The summed E-state index contributed by atoms with van der Waals surface area (Å²) in [5, 5.41) is 7.26. The number of carbonyl (C=O) groups is 1. The van der Waals surface area contributed by atoms with Gasteiger partial charge in [0.2, 0.25) is 5.95 Å². The molecule has 1 N–H and O–H groups in total. The number of hydrogen-bond donors (Lipinski definition) is 1. The maximum Gasteiger partial charge on any atom is 0.268 e. The first-order valence-electron chi connectivity index (χ1n) is 8.63. The van der Waals surface area contributed by atoms with Gasteiger partial charge in [0.1, 0.15) is 0 Å². The van der Waals surface area contributed by atoms with Crippen molar-refractivity contribution in [1.82, 2.24) is 14.6 Å². The van der Waals surface area contributed by atoms with E-state index in [2.05, 4.69) is 22.0 Å². The predicted octanol–water partition coefficient (Wildman–Crippen LogP) is 4.67. The molecule has 1 amide bonds. The lowest BCUT2D eigenvalue weighted by Gasteiger charge is -2.07. The molecule has 6 nitrogen and oxygen atoms in total. The number of rotatable bonds is 5. The SMILES string of the molecule is C=Cc1ccc(-c2ccc(OC)c3nc(NC(=O)c4ccc(C)s4)nn23)cc1. The third kappa shape index (κ3) is 3.27. The maximum absolute atomic E-state index is 12.5. The molecule has 0 saturated heterocycles. The van der Waals surface area contributed by atoms with Crippen molar-refractivity contribution in [1.29, 1.82) is 0 Å². The van der Waals surface area contributed by atoms with Crippen LogP contribution in [0.4, 0.5) is 5.95 Å². The van der Waals surface area contributed by atoms with Gasteiger partial charge in [-0.25, -0.2) is 4.52 Å². The van der Waals surface area contributed by atoms with E-state index in [9.17, 15) is 4.79 Å². The Bertz CT molecular complexity index is 1180. The topological polar surface area (TPSA) is 68.5 Å². The van der Waals surface area contributed by atoms with Crippen molar-refractivity contribution in [2.24, 2.45) is 0 Å². The highest BCUT2D eigenvalue weighted by atomic mass is 32.1. The zero-order valence-corrected chi connectivity index (χ0v) is 16.3. The largest absolute Gasteiger partial charge is 0.493 e. The number of benzene rings is 1. The van der Waals surface area contributed by atoms with Gasteiger partial charge in [-0.1, -0.05) is 36.9 Å². The Morgan fingerprint density at radius 1 is 1.18 bits per heavy atom. The highest BCUT2D eigenvalue weighted by Crippen LogP contribution is 2.27. The number of fused-ring (bicyclic) bond motifs is 1. The Labute approximate surface area is 166 Å². The second-order valence-electron chi connectivity index (χ2n) is 6.15. The third-order valence-electron chi connectivity index (χ3n) is 4.30. The molecule has 0 aliphatic rings. The molecular weight excluding hydrogens is 372 g/mol. The van der Waals surface area contributed by atoms with Crippen molar-refractivity contribution in [3.8, 4) is 17.0 Å². The molecule has 0 unspecified atom stereocenters. The number of amides is 1. The standard InChI is InChI=1S/C21H18N4O2S/c1-4-14-6-8-15(9-7-14)16-10-11-17(27-3)19-22-21(24-25(16)19)23-20(26)18-12-5-13(2)28-18/h4-12H,1H2,2-3H3,(H,23,24,26). The van der Waals surface area contributed by atoms with E-state index in [0.29, 0.717) is 16.3 Å². The molecule has 1 aromatic carbocycles. The van der Waals surface area contributed by atoms with Crippen LogP contribution in [-0.2, 0) is 0 Å². The van der Waals surface area contributed by atoms with E-state index in [1.165, 1.54) is 11.3 Å². The molecule has 4 rings (SSSR count). The summed E-state index contributed by atoms with van der Waals surface area (Å²) in [6.45, 7) is 5.74. The van der Waals surface area contributed by atoms with E-state index in [-0.39, 0.29) is 11.9 Å². The fraction of sp³-hybridized carbons (Fsp3) is 0.0952. The van der Waals surface area contributed by atoms with Gasteiger partial charge in [0.25, 0.3) is 5.91 Å². The van der Waals surface area contributed by atoms with Gasteiger partial charge < -0.3 is 4.74 Å². The lowest BCUT2D eigenvalue weighted by Crippen LogP contribution is -2.11. The van der Waals surface area contributed by atoms with E-state index in [1.54, 1.807) is 23.8 Å². The van der Waals surface area contributed by atoms with Crippen molar-refractivity contribution in [3.63, 3.8) is 0 Å². The highest BCUT2D eigenvalue weighted by Gasteiger charge is 2.16. The van der Waals surface area contributed by atoms with Crippen LogP contribution < -0.4 is 10.1 Å². The number of aryl methyl sites for hydroxylation is 1. The van der Waals surface area contributed by atoms with E-state index in [0.717, 1.165) is 21.7 Å². The van der Waals surface area contributed by atoms with Crippen LogP contribution >= 0.6 is 11.3 Å². The normalized spacial score (nSPS) is 10.8. The summed E-state index contributed by atoms with van der Waals surface area (Å²) in [6, 6.07) is 15.4. The summed E-state index contributed by atoms with van der Waals surface area (Å²) in [5.74, 6) is 0.570. The van der Waals surface area contributed by atoms with Crippen LogP contribution in [-0.4, -0.2) is 27.6 Å². The first-order chi connectivity index (χ1) is 13.6. The van der Waals surface area contributed by atoms with Gasteiger partial charge in [-0.2, -0.15) is 4.98 Å². The van der Waals surface area contributed by atoms with E-state index < -0.39 is 0 Å². The number of methoxy groups -OCH3 is 1. The van der Waals surface area contributed by atoms with Gasteiger partial charge >= 0.3 is 0 Å². The molecule has 0 aliphatic carbocycles. The third-order valence-corrected chi connectivity index (χ3v) is 5.30. The number of anilines is 1. The fourth-order valence-corrected chi connectivity index (χ4v) is 3.64. The quantitative estimate of drug-likeness (QED) is 0.538. The summed E-state index contributed by atoms with van der Waals surface area (Å²) >= 11 is 1.43. The summed E-state index contributed by atoms with van der Waals surface area (Å²) < 4.78 is 7.09. The Hall–Kier alpha value is -3.45. The van der Waals surface area contributed by atoms with E-state index in [1.807, 2.05) is 49.4 Å². The first-order valence-corrected chi connectivity index (χ1v) is 9.45. The second kappa shape index (κ2) is 7.28. The number of nitrogens with zero attached hydrogens (tertiary/aromatic N) is 3. The molecule has 0 bridgehead atoms. The molecule has 0 atom stereocenters. The number of thiophene rings is 1. The average Bonchev–Trinajstić information content (AvgIpc) is 3.33. The van der Waals surface area contributed by atoms with E-state index in [4.69, 9.17) is 4.74 Å². The molecule has 7 heteroatoms. The van der Waals surface area contributed by atoms with Crippen molar-refractivity contribution >= 4 is 34.9 Å². The van der Waals surface area contributed by atoms with Crippen molar-refractivity contribution in [2.45, 2.75) is 6.92 Å².